The number of amides is 3. The molecular formula is C14H17N3O3S. The highest BCUT2D eigenvalue weighted by molar-refractivity contribution is 7.14. The Morgan fingerprint density at radius 1 is 1.38 bits per heavy atom. The first-order valence-electron chi connectivity index (χ1n) is 7.01. The normalized spacial score (nSPS) is 22.0. The van der Waals surface area contributed by atoms with E-state index in [2.05, 4.69) is 5.32 Å². The van der Waals surface area contributed by atoms with Gasteiger partial charge in [0.25, 0.3) is 11.8 Å². The van der Waals surface area contributed by atoms with Crippen molar-refractivity contribution in [2.45, 2.75) is 32.4 Å². The molecule has 0 radical (unpaired) electrons. The Labute approximate surface area is 126 Å². The fraction of sp³-hybridized carbons (Fsp3) is 0.500. The molecule has 3 amide bonds. The van der Waals surface area contributed by atoms with E-state index >= 15 is 0 Å². The van der Waals surface area contributed by atoms with Gasteiger partial charge in [-0.3, -0.25) is 19.3 Å². The summed E-state index contributed by atoms with van der Waals surface area (Å²) in [6.07, 6.45) is 0.738. The predicted octanol–water partition coefficient (Wildman–Crippen LogP) is 1.28. The van der Waals surface area contributed by atoms with E-state index in [1.54, 1.807) is 11.8 Å². The molecule has 2 aliphatic heterocycles. The lowest BCUT2D eigenvalue weighted by atomic mass is 10.0. The van der Waals surface area contributed by atoms with Crippen molar-refractivity contribution in [3.63, 3.8) is 0 Å². The average Bonchev–Trinajstić information content (AvgIpc) is 3.00. The van der Waals surface area contributed by atoms with E-state index in [1.807, 2.05) is 12.4 Å². The molecule has 0 saturated carbocycles. The molecule has 1 N–H and O–H groups in total. The van der Waals surface area contributed by atoms with Gasteiger partial charge in [0.05, 0.1) is 17.1 Å². The number of carbonyl (C=O) groups is 3. The Kier molecular flexibility index (Phi) is 3.44. The van der Waals surface area contributed by atoms with Crippen molar-refractivity contribution in [2.75, 3.05) is 18.9 Å². The average molecular weight is 307 g/mol. The maximum Gasteiger partial charge on any atom is 0.256 e. The molecule has 1 fully saturated rings. The van der Waals surface area contributed by atoms with Gasteiger partial charge in [0.15, 0.2) is 0 Å². The lowest BCUT2D eigenvalue weighted by molar-refractivity contribution is -0.151. The van der Waals surface area contributed by atoms with E-state index in [9.17, 15) is 14.4 Å². The Bertz CT molecular complexity index is 625. The fourth-order valence-corrected chi connectivity index (χ4v) is 3.93. The van der Waals surface area contributed by atoms with Crippen LogP contribution in [0.5, 0.6) is 0 Å². The second-order valence-electron chi connectivity index (χ2n) is 5.17. The maximum atomic E-state index is 12.5. The van der Waals surface area contributed by atoms with E-state index in [4.69, 9.17) is 0 Å². The lowest BCUT2D eigenvalue weighted by Crippen LogP contribution is -2.54. The van der Waals surface area contributed by atoms with Crippen molar-refractivity contribution < 1.29 is 14.4 Å². The van der Waals surface area contributed by atoms with Gasteiger partial charge in [0.2, 0.25) is 5.91 Å². The van der Waals surface area contributed by atoms with Crippen LogP contribution in [0.15, 0.2) is 5.38 Å². The van der Waals surface area contributed by atoms with Gasteiger partial charge in [0.1, 0.15) is 6.04 Å². The van der Waals surface area contributed by atoms with Crippen LogP contribution in [0.2, 0.25) is 0 Å². The highest BCUT2D eigenvalue weighted by atomic mass is 32.1. The third-order valence-electron chi connectivity index (χ3n) is 4.12. The monoisotopic (exact) mass is 307 g/mol. The zero-order chi connectivity index (χ0) is 15.1. The molecule has 1 saturated heterocycles. The zero-order valence-corrected chi connectivity index (χ0v) is 12.8. The van der Waals surface area contributed by atoms with Gasteiger partial charge in [-0.25, -0.2) is 0 Å². The topological polar surface area (TPSA) is 69.7 Å². The maximum absolute atomic E-state index is 12.5. The van der Waals surface area contributed by atoms with Gasteiger partial charge >= 0.3 is 0 Å². The van der Waals surface area contributed by atoms with Crippen LogP contribution in [0.4, 0.5) is 5.00 Å². The van der Waals surface area contributed by atoms with E-state index < -0.39 is 6.04 Å². The minimum atomic E-state index is -0.516. The molecule has 0 aliphatic carbocycles. The van der Waals surface area contributed by atoms with E-state index in [1.165, 1.54) is 16.2 Å². The molecule has 112 valence electrons. The van der Waals surface area contributed by atoms with Crippen LogP contribution in [-0.4, -0.2) is 47.2 Å². The third-order valence-corrected chi connectivity index (χ3v) is 5.16. The van der Waals surface area contributed by atoms with E-state index in [0.29, 0.717) is 31.5 Å². The summed E-state index contributed by atoms with van der Waals surface area (Å²) in [5, 5.41) is 5.88. The number of imide groups is 1. The molecule has 1 atom stereocenters. The summed E-state index contributed by atoms with van der Waals surface area (Å²) < 4.78 is 0. The minimum Gasteiger partial charge on any atom is -0.380 e. The Morgan fingerprint density at radius 2 is 2.14 bits per heavy atom. The molecule has 1 aromatic rings. The molecule has 21 heavy (non-hydrogen) atoms. The fourth-order valence-electron chi connectivity index (χ4n) is 3.02. The lowest BCUT2D eigenvalue weighted by Gasteiger charge is -2.35. The summed E-state index contributed by atoms with van der Waals surface area (Å²) in [5.74, 6) is -0.496. The zero-order valence-electron chi connectivity index (χ0n) is 12.0. The number of nitrogens with zero attached hydrogens (tertiary/aromatic N) is 2. The number of hydrogen-bond donors (Lipinski definition) is 1. The molecule has 7 heteroatoms. The van der Waals surface area contributed by atoms with Crippen molar-refractivity contribution >= 4 is 34.1 Å². The smallest absolute Gasteiger partial charge is 0.256 e. The summed E-state index contributed by atoms with van der Waals surface area (Å²) >= 11 is 1.50. The number of carbonyl (C=O) groups excluding carboxylic acids is 3. The quantitative estimate of drug-likeness (QED) is 0.854. The van der Waals surface area contributed by atoms with Crippen LogP contribution < -0.4 is 5.32 Å². The first kappa shape index (κ1) is 14.1. The number of thiophene rings is 1. The van der Waals surface area contributed by atoms with Crippen molar-refractivity contribution in [1.82, 2.24) is 9.80 Å². The van der Waals surface area contributed by atoms with Crippen molar-refractivity contribution in [3.05, 3.63) is 16.5 Å². The summed E-state index contributed by atoms with van der Waals surface area (Å²) in [6.45, 7) is 2.58. The highest BCUT2D eigenvalue weighted by Gasteiger charge is 2.43. The third kappa shape index (κ3) is 2.03. The van der Waals surface area contributed by atoms with Crippen molar-refractivity contribution in [2.24, 2.45) is 0 Å². The number of piperidine rings is 1. The highest BCUT2D eigenvalue weighted by Crippen LogP contribution is 2.37. The minimum absolute atomic E-state index is 0.105. The van der Waals surface area contributed by atoms with Crippen LogP contribution >= 0.6 is 11.3 Å². The summed E-state index contributed by atoms with van der Waals surface area (Å²) in [5.41, 5.74) is 1.64. The van der Waals surface area contributed by atoms with Gasteiger partial charge in [-0.05, 0) is 13.3 Å². The first-order chi connectivity index (χ1) is 10.1. The summed E-state index contributed by atoms with van der Waals surface area (Å²) in [6, 6.07) is -0.516. The molecule has 1 aromatic heterocycles. The van der Waals surface area contributed by atoms with E-state index in [0.717, 1.165) is 10.6 Å². The number of fused-ring (bicyclic) bond motifs is 1. The van der Waals surface area contributed by atoms with Crippen LogP contribution in [0, 0.1) is 0 Å². The second-order valence-corrected chi connectivity index (χ2v) is 6.05. The molecule has 3 rings (SSSR count). The second kappa shape index (κ2) is 5.14. The standard InChI is InChI=1S/C14H17N3O3S/c1-3-16-11(18)5-4-10(14(16)20)17-6-8-9(13(17)19)7-21-12(8)15-2/h7,10,15H,3-6H2,1-2H3. The van der Waals surface area contributed by atoms with E-state index in [-0.39, 0.29) is 17.7 Å². The molecule has 0 spiro atoms. The van der Waals surface area contributed by atoms with Crippen LogP contribution in [0.1, 0.15) is 35.7 Å². The van der Waals surface area contributed by atoms with Crippen molar-refractivity contribution in [3.8, 4) is 0 Å². The van der Waals surface area contributed by atoms with Gasteiger partial charge < -0.3 is 10.2 Å². The van der Waals surface area contributed by atoms with Gasteiger partial charge in [-0.1, -0.05) is 0 Å². The summed E-state index contributed by atoms with van der Waals surface area (Å²) in [4.78, 5) is 39.5. The SMILES string of the molecule is CCN1C(=O)CCC(N2Cc3c(csc3NC)C2=O)C1=O. The Balaban J connectivity index is 1.86. The first-order valence-corrected chi connectivity index (χ1v) is 7.89. The number of anilines is 1. The molecule has 6 nitrogen and oxygen atoms in total. The van der Waals surface area contributed by atoms with Gasteiger partial charge in [-0.2, -0.15) is 0 Å². The Morgan fingerprint density at radius 3 is 2.81 bits per heavy atom. The Hall–Kier alpha value is -1.89. The van der Waals surface area contributed by atoms with Crippen LogP contribution in [0.3, 0.4) is 0 Å². The molecule has 3 heterocycles. The molecule has 2 aliphatic rings. The molecule has 0 bridgehead atoms. The number of likely N-dealkylation sites (N-methyl/N-ethyl adjacent to an activating group) is 1. The number of hydrogen-bond acceptors (Lipinski definition) is 5. The van der Waals surface area contributed by atoms with Crippen LogP contribution in [0.25, 0.3) is 0 Å². The largest absolute Gasteiger partial charge is 0.380 e. The van der Waals surface area contributed by atoms with Crippen LogP contribution in [-0.2, 0) is 16.1 Å². The molecule has 1 unspecified atom stereocenters. The van der Waals surface area contributed by atoms with Gasteiger partial charge in [0, 0.05) is 31.0 Å². The molecule has 0 aromatic carbocycles. The number of likely N-dealkylation sites (tertiary alicyclic amines) is 1. The predicted molar refractivity (Wildman–Crippen MR) is 79.2 cm³/mol. The van der Waals surface area contributed by atoms with Gasteiger partial charge in [-0.15, -0.1) is 11.3 Å². The number of rotatable bonds is 3. The van der Waals surface area contributed by atoms with Crippen molar-refractivity contribution in [1.29, 1.82) is 0 Å². The number of nitrogens with one attached hydrogen (secondary N) is 1. The summed E-state index contributed by atoms with van der Waals surface area (Å²) in [7, 11) is 1.82. The molecular weight excluding hydrogens is 290 g/mol.